The van der Waals surface area contributed by atoms with Gasteiger partial charge in [-0.3, -0.25) is 0 Å². The second-order valence-corrected chi connectivity index (χ2v) is 2.53. The van der Waals surface area contributed by atoms with Crippen molar-refractivity contribution in [1.29, 1.82) is 0 Å². The van der Waals surface area contributed by atoms with Crippen LogP contribution in [-0.4, -0.2) is 24.2 Å². The topological polar surface area (TPSA) is 86.7 Å². The molecule has 0 unspecified atom stereocenters. The van der Waals surface area contributed by atoms with E-state index in [4.69, 9.17) is 15.0 Å². The number of aromatic hydroxyl groups is 1. The molecule has 0 fully saturated rings. The summed E-state index contributed by atoms with van der Waals surface area (Å²) in [7, 11) is 1.31. The standard InChI is InChI=1S/C8H8O3.C2H4O2.K/c1-11-8(10)6-2-4-7(9)5-3-6;1-2(3)4;/h2-5,9H,1H3;1H3,(H,3,4);/q;;+1/p-1. The van der Waals surface area contributed by atoms with Crippen LogP contribution >= 0.6 is 0 Å². The first-order valence-electron chi connectivity index (χ1n) is 4.02. The number of phenols is 1. The smallest absolute Gasteiger partial charge is 0.550 e. The Labute approximate surface area is 136 Å². The van der Waals surface area contributed by atoms with Crippen LogP contribution in [0.1, 0.15) is 17.3 Å². The molecule has 6 heteroatoms. The minimum atomic E-state index is -1.08. The first-order valence-corrected chi connectivity index (χ1v) is 4.02. The molecular formula is C10H11KO5. The van der Waals surface area contributed by atoms with Gasteiger partial charge in [0.1, 0.15) is 5.75 Å². The molecule has 0 atom stereocenters. The van der Waals surface area contributed by atoms with E-state index in [0.717, 1.165) is 6.92 Å². The number of carboxylic acid groups (broad SMARTS) is 1. The molecule has 1 aromatic rings. The van der Waals surface area contributed by atoms with Gasteiger partial charge < -0.3 is 19.7 Å². The Morgan fingerprint density at radius 3 is 1.94 bits per heavy atom. The average molecular weight is 250 g/mol. The van der Waals surface area contributed by atoms with Crippen molar-refractivity contribution < 1.29 is 75.9 Å². The summed E-state index contributed by atoms with van der Waals surface area (Å²) >= 11 is 0. The molecule has 16 heavy (non-hydrogen) atoms. The summed E-state index contributed by atoms with van der Waals surface area (Å²) in [6, 6.07) is 5.88. The molecule has 1 rings (SSSR count). The fraction of sp³-hybridized carbons (Fsp3) is 0.200. The van der Waals surface area contributed by atoms with Gasteiger partial charge in [-0.1, -0.05) is 0 Å². The van der Waals surface area contributed by atoms with Crippen molar-refractivity contribution in [2.45, 2.75) is 6.92 Å². The zero-order valence-corrected chi connectivity index (χ0v) is 12.5. The zero-order valence-electron chi connectivity index (χ0n) is 9.39. The summed E-state index contributed by atoms with van der Waals surface area (Å²) in [4.78, 5) is 19.7. The molecule has 1 N–H and O–H groups in total. The molecule has 0 saturated carbocycles. The third-order valence-electron chi connectivity index (χ3n) is 1.29. The van der Waals surface area contributed by atoms with Gasteiger partial charge in [0, 0.05) is 5.97 Å². The molecule has 0 aromatic heterocycles. The molecule has 0 bridgehead atoms. The maximum absolute atomic E-state index is 10.8. The molecule has 0 spiro atoms. The molecule has 0 aliphatic heterocycles. The Bertz CT molecular complexity index is 330. The zero-order chi connectivity index (χ0) is 11.8. The molecule has 0 saturated heterocycles. The maximum Gasteiger partial charge on any atom is 1.00 e. The number of benzene rings is 1. The fourth-order valence-electron chi connectivity index (χ4n) is 0.715. The van der Waals surface area contributed by atoms with Crippen molar-refractivity contribution in [1.82, 2.24) is 0 Å². The average Bonchev–Trinajstić information content (AvgIpc) is 2.17. The molecule has 5 nitrogen and oxygen atoms in total. The fourth-order valence-corrected chi connectivity index (χ4v) is 0.715. The Balaban J connectivity index is 0. The number of aliphatic carboxylic acids is 1. The molecule has 0 aliphatic rings. The van der Waals surface area contributed by atoms with Crippen LogP contribution in [0.4, 0.5) is 0 Å². The quantitative estimate of drug-likeness (QED) is 0.422. The van der Waals surface area contributed by atoms with E-state index in [1.165, 1.54) is 31.4 Å². The van der Waals surface area contributed by atoms with Crippen LogP contribution < -0.4 is 56.5 Å². The van der Waals surface area contributed by atoms with Crippen molar-refractivity contribution in [3.63, 3.8) is 0 Å². The third-order valence-corrected chi connectivity index (χ3v) is 1.29. The van der Waals surface area contributed by atoms with Crippen LogP contribution in [0.5, 0.6) is 5.75 Å². The third kappa shape index (κ3) is 8.87. The summed E-state index contributed by atoms with van der Waals surface area (Å²) in [5.74, 6) is -1.34. The summed E-state index contributed by atoms with van der Waals surface area (Å²) < 4.78 is 4.46. The second-order valence-electron chi connectivity index (χ2n) is 2.53. The van der Waals surface area contributed by atoms with Crippen LogP contribution in [0.3, 0.4) is 0 Å². The number of carbonyl (C=O) groups excluding carboxylic acids is 2. The van der Waals surface area contributed by atoms with Crippen LogP contribution in [-0.2, 0) is 9.53 Å². The van der Waals surface area contributed by atoms with Crippen LogP contribution in [0, 0.1) is 0 Å². The number of phenolic OH excluding ortho intramolecular Hbond substituents is 1. The Hall–Kier alpha value is -0.404. The van der Waals surface area contributed by atoms with Crippen LogP contribution in [0.2, 0.25) is 0 Å². The van der Waals surface area contributed by atoms with Crippen molar-refractivity contribution in [2.24, 2.45) is 0 Å². The van der Waals surface area contributed by atoms with Gasteiger partial charge in [-0.2, -0.15) is 0 Å². The minimum Gasteiger partial charge on any atom is -0.550 e. The Morgan fingerprint density at radius 1 is 1.25 bits per heavy atom. The Kier molecular flexibility index (Phi) is 11.0. The number of carbonyl (C=O) groups is 2. The molecule has 0 heterocycles. The van der Waals surface area contributed by atoms with Crippen molar-refractivity contribution in [2.75, 3.05) is 7.11 Å². The minimum absolute atomic E-state index is 0. The van der Waals surface area contributed by atoms with E-state index in [1.54, 1.807) is 0 Å². The predicted octanol–water partition coefficient (Wildman–Crippen LogP) is -3.06. The van der Waals surface area contributed by atoms with E-state index in [1.807, 2.05) is 0 Å². The van der Waals surface area contributed by atoms with E-state index in [9.17, 15) is 4.79 Å². The van der Waals surface area contributed by atoms with Gasteiger partial charge >= 0.3 is 57.4 Å². The van der Waals surface area contributed by atoms with E-state index < -0.39 is 11.9 Å². The summed E-state index contributed by atoms with van der Waals surface area (Å²) in [6.45, 7) is 0.972. The maximum atomic E-state index is 10.8. The number of esters is 1. The van der Waals surface area contributed by atoms with E-state index in [0.29, 0.717) is 5.56 Å². The summed E-state index contributed by atoms with van der Waals surface area (Å²) in [6.07, 6.45) is 0. The monoisotopic (exact) mass is 250 g/mol. The van der Waals surface area contributed by atoms with Gasteiger partial charge in [-0.05, 0) is 31.2 Å². The largest absolute Gasteiger partial charge is 1.00 e. The van der Waals surface area contributed by atoms with Crippen molar-refractivity contribution in [3.05, 3.63) is 29.8 Å². The predicted molar refractivity (Wildman–Crippen MR) is 50.1 cm³/mol. The van der Waals surface area contributed by atoms with E-state index >= 15 is 0 Å². The molecule has 0 radical (unpaired) electrons. The number of ether oxygens (including phenoxy) is 1. The number of carboxylic acids is 1. The first kappa shape index (κ1) is 18.0. The van der Waals surface area contributed by atoms with Crippen molar-refractivity contribution in [3.8, 4) is 5.75 Å². The van der Waals surface area contributed by atoms with Gasteiger partial charge in [-0.25, -0.2) is 4.79 Å². The molecular weight excluding hydrogens is 239 g/mol. The first-order chi connectivity index (χ1) is 6.97. The van der Waals surface area contributed by atoms with Gasteiger partial charge in [0.15, 0.2) is 0 Å². The molecule has 0 aliphatic carbocycles. The SMILES string of the molecule is CC(=O)[O-].COC(=O)c1ccc(O)cc1.[K+]. The van der Waals surface area contributed by atoms with Gasteiger partial charge in [-0.15, -0.1) is 0 Å². The number of hydrogen-bond donors (Lipinski definition) is 1. The molecule has 1 aromatic carbocycles. The summed E-state index contributed by atoms with van der Waals surface area (Å²) in [5, 5.41) is 17.7. The van der Waals surface area contributed by atoms with Gasteiger partial charge in [0.05, 0.1) is 12.7 Å². The van der Waals surface area contributed by atoms with Crippen LogP contribution in [0.15, 0.2) is 24.3 Å². The molecule has 82 valence electrons. The van der Waals surface area contributed by atoms with Crippen molar-refractivity contribution >= 4 is 11.9 Å². The number of methoxy groups -OCH3 is 1. The van der Waals surface area contributed by atoms with E-state index in [2.05, 4.69) is 4.74 Å². The number of hydrogen-bond acceptors (Lipinski definition) is 5. The molecule has 0 amide bonds. The van der Waals surface area contributed by atoms with Gasteiger partial charge in [0.25, 0.3) is 0 Å². The summed E-state index contributed by atoms with van der Waals surface area (Å²) in [5.41, 5.74) is 0.435. The second kappa shape index (κ2) is 9.80. The number of rotatable bonds is 1. The Morgan fingerprint density at radius 2 is 1.62 bits per heavy atom. The normalized spacial score (nSPS) is 7.88. The van der Waals surface area contributed by atoms with Crippen LogP contribution in [0.25, 0.3) is 0 Å². The van der Waals surface area contributed by atoms with E-state index in [-0.39, 0.29) is 57.1 Å². The van der Waals surface area contributed by atoms with Gasteiger partial charge in [0.2, 0.25) is 0 Å².